The number of hydrogen-bond donors (Lipinski definition) is 0. The lowest BCUT2D eigenvalue weighted by molar-refractivity contribution is -0.162. The van der Waals surface area contributed by atoms with Gasteiger partial charge in [-0.1, -0.05) is 6.42 Å². The van der Waals surface area contributed by atoms with Gasteiger partial charge < -0.3 is 4.74 Å². The molecule has 5 heteroatoms. The fourth-order valence-corrected chi connectivity index (χ4v) is 2.27. The van der Waals surface area contributed by atoms with Crippen molar-refractivity contribution in [2.75, 3.05) is 6.54 Å². The van der Waals surface area contributed by atoms with Gasteiger partial charge in [0, 0.05) is 12.8 Å². The average molecular weight is 250 g/mol. The molecule has 98 valence electrons. The maximum atomic E-state index is 11.7. The van der Waals surface area contributed by atoms with Gasteiger partial charge in [0.2, 0.25) is 6.08 Å². The third kappa shape index (κ3) is 4.68. The molecule has 0 aromatic heterocycles. The molecule has 18 heavy (non-hydrogen) atoms. The van der Waals surface area contributed by atoms with E-state index in [0.717, 1.165) is 32.1 Å². The molecular formula is C13H18N2O3. The number of carbonyl (C=O) groups excluding carboxylic acids is 2. The Bertz CT molecular complexity index is 361. The number of isocyanates is 1. The van der Waals surface area contributed by atoms with Crippen LogP contribution in [-0.2, 0) is 14.3 Å². The summed E-state index contributed by atoms with van der Waals surface area (Å²) in [6.45, 7) is 0.209. The molecule has 1 rings (SSSR count). The van der Waals surface area contributed by atoms with E-state index in [-0.39, 0.29) is 18.9 Å². The number of esters is 1. The molecule has 0 aromatic carbocycles. The van der Waals surface area contributed by atoms with E-state index in [0.29, 0.717) is 12.8 Å². The number of ether oxygens (including phenoxy) is 1. The van der Waals surface area contributed by atoms with E-state index >= 15 is 0 Å². The molecule has 0 heterocycles. The average Bonchev–Trinajstić information content (AvgIpc) is 2.38. The van der Waals surface area contributed by atoms with Gasteiger partial charge in [0.15, 0.2) is 0 Å². The van der Waals surface area contributed by atoms with E-state index in [4.69, 9.17) is 10.00 Å². The van der Waals surface area contributed by atoms with Crippen LogP contribution >= 0.6 is 0 Å². The van der Waals surface area contributed by atoms with Crippen LogP contribution in [0.5, 0.6) is 0 Å². The molecule has 0 amide bonds. The van der Waals surface area contributed by atoms with Gasteiger partial charge in [-0.15, -0.1) is 0 Å². The monoisotopic (exact) mass is 250 g/mol. The summed E-state index contributed by atoms with van der Waals surface area (Å²) in [5, 5.41) is 8.41. The third-order valence-corrected chi connectivity index (χ3v) is 3.20. The molecule has 1 fully saturated rings. The molecule has 1 saturated carbocycles. The summed E-state index contributed by atoms with van der Waals surface area (Å²) in [6, 6.07) is 1.99. The van der Waals surface area contributed by atoms with Crippen LogP contribution in [0.25, 0.3) is 0 Å². The Balaban J connectivity index is 2.52. The molecule has 0 spiro atoms. The Kier molecular flexibility index (Phi) is 6.10. The van der Waals surface area contributed by atoms with E-state index in [1.807, 2.05) is 6.07 Å². The van der Waals surface area contributed by atoms with E-state index < -0.39 is 5.60 Å². The fourth-order valence-electron chi connectivity index (χ4n) is 2.27. The third-order valence-electron chi connectivity index (χ3n) is 3.20. The standard InChI is InChI=1S/C13H18N2O3/c14-9-5-2-6-12(17)18-13(10-15-11-16)7-3-1-4-8-13/h1-8,10H2. The van der Waals surface area contributed by atoms with Crippen molar-refractivity contribution in [3.05, 3.63) is 0 Å². The Morgan fingerprint density at radius 1 is 1.33 bits per heavy atom. The number of rotatable bonds is 6. The van der Waals surface area contributed by atoms with Gasteiger partial charge in [-0.05, 0) is 32.1 Å². The Morgan fingerprint density at radius 2 is 2.06 bits per heavy atom. The van der Waals surface area contributed by atoms with Crippen molar-refractivity contribution >= 4 is 12.0 Å². The smallest absolute Gasteiger partial charge is 0.306 e. The predicted molar refractivity (Wildman–Crippen MR) is 64.4 cm³/mol. The molecule has 1 aliphatic rings. The highest BCUT2D eigenvalue weighted by Crippen LogP contribution is 2.32. The van der Waals surface area contributed by atoms with Gasteiger partial charge in [0.05, 0.1) is 12.6 Å². The molecule has 0 saturated heterocycles. The molecule has 0 N–H and O–H groups in total. The highest BCUT2D eigenvalue weighted by atomic mass is 16.6. The number of nitrogens with zero attached hydrogens (tertiary/aromatic N) is 2. The predicted octanol–water partition coefficient (Wildman–Crippen LogP) is 2.26. The molecule has 0 aromatic rings. The fraction of sp³-hybridized carbons (Fsp3) is 0.769. The normalized spacial score (nSPS) is 17.3. The lowest BCUT2D eigenvalue weighted by Crippen LogP contribution is -2.40. The van der Waals surface area contributed by atoms with Crippen molar-refractivity contribution in [1.82, 2.24) is 0 Å². The van der Waals surface area contributed by atoms with Crippen LogP contribution in [0, 0.1) is 11.3 Å². The molecule has 5 nitrogen and oxygen atoms in total. The minimum atomic E-state index is -0.612. The van der Waals surface area contributed by atoms with Crippen molar-refractivity contribution in [2.45, 2.75) is 57.0 Å². The van der Waals surface area contributed by atoms with E-state index in [2.05, 4.69) is 4.99 Å². The van der Waals surface area contributed by atoms with Gasteiger partial charge >= 0.3 is 5.97 Å². The second-order valence-corrected chi connectivity index (χ2v) is 4.64. The molecule has 0 aliphatic heterocycles. The lowest BCUT2D eigenvalue weighted by atomic mass is 9.84. The van der Waals surface area contributed by atoms with E-state index in [1.165, 1.54) is 6.08 Å². The zero-order valence-corrected chi connectivity index (χ0v) is 10.5. The highest BCUT2D eigenvalue weighted by molar-refractivity contribution is 5.70. The lowest BCUT2D eigenvalue weighted by Gasteiger charge is -2.35. The molecule has 0 atom stereocenters. The Hall–Kier alpha value is -1.66. The maximum Gasteiger partial charge on any atom is 0.306 e. The van der Waals surface area contributed by atoms with E-state index in [1.54, 1.807) is 0 Å². The molecule has 0 bridgehead atoms. The quantitative estimate of drug-likeness (QED) is 0.313. The van der Waals surface area contributed by atoms with Gasteiger partial charge in [-0.25, -0.2) is 9.79 Å². The molecule has 0 unspecified atom stereocenters. The van der Waals surface area contributed by atoms with Crippen molar-refractivity contribution in [3.63, 3.8) is 0 Å². The van der Waals surface area contributed by atoms with Crippen molar-refractivity contribution in [1.29, 1.82) is 5.26 Å². The molecule has 1 aliphatic carbocycles. The first kappa shape index (κ1) is 14.4. The van der Waals surface area contributed by atoms with Crippen molar-refractivity contribution < 1.29 is 14.3 Å². The van der Waals surface area contributed by atoms with Crippen LogP contribution < -0.4 is 0 Å². The number of carbonyl (C=O) groups is 1. The van der Waals surface area contributed by atoms with Gasteiger partial charge in [0.1, 0.15) is 5.60 Å². The molecule has 0 radical (unpaired) electrons. The summed E-state index contributed by atoms with van der Waals surface area (Å²) >= 11 is 0. The van der Waals surface area contributed by atoms with Crippen LogP contribution in [0.2, 0.25) is 0 Å². The SMILES string of the molecule is N#CCCCC(=O)OC1(CN=C=O)CCCCC1. The van der Waals surface area contributed by atoms with Crippen LogP contribution in [-0.4, -0.2) is 24.2 Å². The Labute approximate surface area is 107 Å². The van der Waals surface area contributed by atoms with Crippen molar-refractivity contribution in [3.8, 4) is 6.07 Å². The maximum absolute atomic E-state index is 11.7. The van der Waals surface area contributed by atoms with Crippen LogP contribution in [0.15, 0.2) is 4.99 Å². The highest BCUT2D eigenvalue weighted by Gasteiger charge is 2.35. The first-order valence-electron chi connectivity index (χ1n) is 6.35. The summed E-state index contributed by atoms with van der Waals surface area (Å²) in [6.07, 6.45) is 7.23. The number of nitriles is 1. The van der Waals surface area contributed by atoms with E-state index in [9.17, 15) is 9.59 Å². The second kappa shape index (κ2) is 7.62. The summed E-state index contributed by atoms with van der Waals surface area (Å²) in [4.78, 5) is 25.5. The topological polar surface area (TPSA) is 79.5 Å². The summed E-state index contributed by atoms with van der Waals surface area (Å²) in [5.41, 5.74) is -0.612. The number of aliphatic imine (C=N–C) groups is 1. The van der Waals surface area contributed by atoms with Crippen LogP contribution in [0.4, 0.5) is 0 Å². The zero-order valence-electron chi connectivity index (χ0n) is 10.5. The summed E-state index contributed by atoms with van der Waals surface area (Å²) in [7, 11) is 0. The van der Waals surface area contributed by atoms with Gasteiger partial charge in [-0.3, -0.25) is 4.79 Å². The first-order chi connectivity index (χ1) is 8.72. The summed E-state index contributed by atoms with van der Waals surface area (Å²) in [5.74, 6) is -0.298. The zero-order chi connectivity index (χ0) is 13.3. The minimum absolute atomic E-state index is 0.209. The minimum Gasteiger partial charge on any atom is -0.457 e. The van der Waals surface area contributed by atoms with Crippen LogP contribution in [0.1, 0.15) is 51.4 Å². The second-order valence-electron chi connectivity index (χ2n) is 4.64. The van der Waals surface area contributed by atoms with Gasteiger partial charge in [0.25, 0.3) is 0 Å². The molecular weight excluding hydrogens is 232 g/mol. The largest absolute Gasteiger partial charge is 0.457 e. The van der Waals surface area contributed by atoms with Crippen molar-refractivity contribution in [2.24, 2.45) is 4.99 Å². The number of unbranched alkanes of at least 4 members (excludes halogenated alkanes) is 1. The van der Waals surface area contributed by atoms with Crippen LogP contribution in [0.3, 0.4) is 0 Å². The first-order valence-corrected chi connectivity index (χ1v) is 6.35. The number of hydrogen-bond acceptors (Lipinski definition) is 5. The van der Waals surface area contributed by atoms with Gasteiger partial charge in [-0.2, -0.15) is 5.26 Å². The summed E-state index contributed by atoms with van der Waals surface area (Å²) < 4.78 is 5.51. The Morgan fingerprint density at radius 3 is 2.67 bits per heavy atom.